The highest BCUT2D eigenvalue weighted by Gasteiger charge is 2.06. The van der Waals surface area contributed by atoms with Crippen LogP contribution in [-0.2, 0) is 7.05 Å². The third-order valence-corrected chi connectivity index (χ3v) is 2.64. The first-order valence-electron chi connectivity index (χ1n) is 5.31. The van der Waals surface area contributed by atoms with Gasteiger partial charge in [0, 0.05) is 11.5 Å². The van der Waals surface area contributed by atoms with E-state index >= 15 is 0 Å². The highest BCUT2D eigenvalue weighted by Crippen LogP contribution is 2.14. The maximum absolute atomic E-state index is 8.49. The Labute approximate surface area is 111 Å². The smallest absolute Gasteiger partial charge is 0.233 e. The molecule has 2 heterocycles. The number of benzene rings is 1. The van der Waals surface area contributed by atoms with E-state index in [2.05, 4.69) is 64.9 Å². The van der Waals surface area contributed by atoms with Gasteiger partial charge >= 0.3 is 0 Å². The lowest BCUT2D eigenvalue weighted by Crippen LogP contribution is -2.68. The van der Waals surface area contributed by atoms with Gasteiger partial charge in [-0.05, 0) is 5.39 Å². The van der Waals surface area contributed by atoms with Crippen LogP contribution in [0.3, 0.4) is 0 Å². The molecular formula is C12H11ClN2O4. The van der Waals surface area contributed by atoms with E-state index in [0.717, 1.165) is 0 Å². The van der Waals surface area contributed by atoms with Crippen molar-refractivity contribution in [3.8, 4) is 0 Å². The summed E-state index contributed by atoms with van der Waals surface area (Å²) in [4.78, 5) is 0. The van der Waals surface area contributed by atoms with Crippen LogP contribution in [-0.4, -0.2) is 4.40 Å². The van der Waals surface area contributed by atoms with E-state index in [4.69, 9.17) is 18.6 Å². The summed E-state index contributed by atoms with van der Waals surface area (Å²) in [6, 6.07) is 10.6. The van der Waals surface area contributed by atoms with Crippen LogP contribution in [0, 0.1) is 10.2 Å². The minimum Gasteiger partial charge on any atom is -0.233 e. The van der Waals surface area contributed by atoms with E-state index in [-0.39, 0.29) is 0 Å². The molecule has 0 spiro atoms. The maximum atomic E-state index is 8.49. The molecule has 0 atom stereocenters. The zero-order chi connectivity index (χ0) is 14.0. The summed E-state index contributed by atoms with van der Waals surface area (Å²) >= 11 is 0. The fraction of sp³-hybridized carbons (Fsp3) is 0.0833. The number of nitrogens with zero attached hydrogens (tertiary/aromatic N) is 2. The first kappa shape index (κ1) is 13.7. The van der Waals surface area contributed by atoms with E-state index in [9.17, 15) is 0 Å². The Morgan fingerprint density at radius 1 is 1.05 bits per heavy atom. The Hall–Kier alpha value is -1.70. The van der Waals surface area contributed by atoms with Crippen LogP contribution in [0.15, 0.2) is 48.9 Å². The van der Waals surface area contributed by atoms with Crippen molar-refractivity contribution in [2.45, 2.75) is 0 Å². The molecule has 19 heavy (non-hydrogen) atoms. The number of pyridine rings is 1. The summed E-state index contributed by atoms with van der Waals surface area (Å²) in [5.41, 5.74) is 1.21. The second-order valence-corrected chi connectivity index (χ2v) is 4.71. The van der Waals surface area contributed by atoms with Crippen LogP contribution in [0.2, 0.25) is 0 Å². The van der Waals surface area contributed by atoms with E-state index in [1.54, 1.807) is 0 Å². The number of fused-ring (bicyclic) bond motifs is 2. The number of aromatic nitrogens is 2. The first-order chi connectivity index (χ1) is 8.84. The van der Waals surface area contributed by atoms with E-state index in [1.807, 2.05) is 0 Å². The van der Waals surface area contributed by atoms with Crippen LogP contribution in [0.5, 0.6) is 0 Å². The third kappa shape index (κ3) is 3.63. The van der Waals surface area contributed by atoms with Crippen molar-refractivity contribution in [1.82, 2.24) is 4.40 Å². The third-order valence-electron chi connectivity index (χ3n) is 2.64. The second-order valence-electron chi connectivity index (χ2n) is 3.95. The van der Waals surface area contributed by atoms with Crippen molar-refractivity contribution in [3.05, 3.63) is 48.9 Å². The van der Waals surface area contributed by atoms with Crippen molar-refractivity contribution in [1.29, 1.82) is 0 Å². The van der Waals surface area contributed by atoms with Crippen LogP contribution in [0.4, 0.5) is 0 Å². The highest BCUT2D eigenvalue weighted by atomic mass is 35.7. The van der Waals surface area contributed by atoms with Gasteiger partial charge in [-0.25, -0.2) is 27.6 Å². The fourth-order valence-corrected chi connectivity index (χ4v) is 1.84. The number of rotatable bonds is 0. The maximum Gasteiger partial charge on any atom is 0.286 e. The van der Waals surface area contributed by atoms with Gasteiger partial charge in [-0.15, -0.1) is 10.2 Å². The lowest BCUT2D eigenvalue weighted by Gasteiger charge is -2.17. The van der Waals surface area contributed by atoms with E-state index in [1.165, 1.54) is 16.4 Å². The molecule has 0 radical (unpaired) electrons. The van der Waals surface area contributed by atoms with Crippen molar-refractivity contribution >= 4 is 16.4 Å². The Morgan fingerprint density at radius 3 is 2.26 bits per heavy atom. The zero-order valence-corrected chi connectivity index (χ0v) is 10.8. The number of aryl methyl sites for hydroxylation is 1. The van der Waals surface area contributed by atoms with Gasteiger partial charge in [-0.2, -0.15) is 0 Å². The molecule has 3 aromatic rings. The summed E-state index contributed by atoms with van der Waals surface area (Å²) in [6.07, 6.45) is 6.29. The number of imidazole rings is 1. The summed E-state index contributed by atoms with van der Waals surface area (Å²) in [7, 11) is -2.88. The predicted molar refractivity (Wildman–Crippen MR) is 56.1 cm³/mol. The molecule has 0 saturated heterocycles. The summed E-state index contributed by atoms with van der Waals surface area (Å²) < 4.78 is 38.2. The molecule has 0 aliphatic carbocycles. The highest BCUT2D eigenvalue weighted by molar-refractivity contribution is 5.84. The molecule has 0 N–H and O–H groups in total. The summed E-state index contributed by atoms with van der Waals surface area (Å²) in [6.45, 7) is 0. The molecule has 2 aromatic heterocycles. The molecule has 0 saturated carbocycles. The average Bonchev–Trinajstić information content (AvgIpc) is 2.66. The molecule has 0 amide bonds. The van der Waals surface area contributed by atoms with Gasteiger partial charge in [0.05, 0.1) is 7.05 Å². The van der Waals surface area contributed by atoms with Crippen LogP contribution < -0.4 is 23.2 Å². The lowest BCUT2D eigenvalue weighted by atomic mass is 10.2. The van der Waals surface area contributed by atoms with Crippen molar-refractivity contribution in [2.24, 2.45) is 7.05 Å². The topological polar surface area (TPSA) is 101 Å². The Balaban J connectivity index is 0.000000232. The van der Waals surface area contributed by atoms with E-state index < -0.39 is 10.2 Å². The first-order valence-corrected chi connectivity index (χ1v) is 6.55. The molecule has 0 aliphatic rings. The molecule has 0 aliphatic heterocycles. The Kier molecular flexibility index (Phi) is 3.70. The quantitative estimate of drug-likeness (QED) is 0.415. The second kappa shape index (κ2) is 5.12. The van der Waals surface area contributed by atoms with Crippen molar-refractivity contribution < 1.29 is 33.4 Å². The largest absolute Gasteiger partial charge is 0.286 e. The van der Waals surface area contributed by atoms with Crippen LogP contribution in [0.25, 0.3) is 16.4 Å². The van der Waals surface area contributed by atoms with Crippen molar-refractivity contribution in [3.63, 3.8) is 0 Å². The fourth-order valence-electron chi connectivity index (χ4n) is 1.84. The summed E-state index contributed by atoms with van der Waals surface area (Å²) in [5, 5.41) is 2.56. The molecule has 7 heteroatoms. The van der Waals surface area contributed by atoms with E-state index in [0.29, 0.717) is 0 Å². The Morgan fingerprint density at radius 2 is 1.63 bits per heavy atom. The molecule has 100 valence electrons. The van der Waals surface area contributed by atoms with Gasteiger partial charge in [0.2, 0.25) is 0 Å². The number of halogens is 1. The van der Waals surface area contributed by atoms with Crippen LogP contribution in [0.1, 0.15) is 0 Å². The molecule has 0 bridgehead atoms. The molecule has 1 aromatic carbocycles. The summed E-state index contributed by atoms with van der Waals surface area (Å²) in [5.74, 6) is 0. The molecule has 3 rings (SSSR count). The SMILES string of the molecule is C[n+]1ccn2cc3ccccc3cc21.[O-][Cl+3]([O-])([O-])[O-]. The lowest BCUT2D eigenvalue weighted by molar-refractivity contribution is -2.00. The standard InChI is InChI=1S/C12H11N2.ClHO4/c1-13-6-7-14-9-11-5-3-2-4-10(11)8-12(13)14;2-1(3,4)5/h2-9H,1H3;(H,2,3,4,5)/q+1;/p-1. The van der Waals surface area contributed by atoms with Crippen LogP contribution >= 0.6 is 0 Å². The minimum absolute atomic E-state index is 1.21. The molecule has 0 unspecified atom stereocenters. The Bertz CT molecular complexity index is 700. The van der Waals surface area contributed by atoms with Gasteiger partial charge in [0.1, 0.15) is 18.6 Å². The van der Waals surface area contributed by atoms with Gasteiger partial charge in [-0.3, -0.25) is 0 Å². The monoisotopic (exact) mass is 282 g/mol. The van der Waals surface area contributed by atoms with Gasteiger partial charge in [-0.1, -0.05) is 24.3 Å². The van der Waals surface area contributed by atoms with Gasteiger partial charge in [0.25, 0.3) is 5.65 Å². The number of hydrogen-bond donors (Lipinski definition) is 0. The molecule has 0 fully saturated rings. The normalized spacial score (nSPS) is 11.4. The number of hydrogen-bond acceptors (Lipinski definition) is 4. The zero-order valence-electron chi connectivity index (χ0n) is 10.0. The minimum atomic E-state index is -4.94. The molecule has 6 nitrogen and oxygen atoms in total. The predicted octanol–water partition coefficient (Wildman–Crippen LogP) is -2.84. The van der Waals surface area contributed by atoms with Gasteiger partial charge in [0.15, 0.2) is 0 Å². The average molecular weight is 283 g/mol. The van der Waals surface area contributed by atoms with Crippen molar-refractivity contribution in [2.75, 3.05) is 0 Å². The van der Waals surface area contributed by atoms with Gasteiger partial charge < -0.3 is 0 Å². The molecular weight excluding hydrogens is 272 g/mol.